The normalized spacial score (nSPS) is 15.5. The van der Waals surface area contributed by atoms with Crippen LogP contribution in [0.3, 0.4) is 0 Å². The molecular weight excluding hydrogens is 346 g/mol. The quantitative estimate of drug-likeness (QED) is 0.653. The van der Waals surface area contributed by atoms with E-state index in [0.717, 1.165) is 22.8 Å². The third kappa shape index (κ3) is 4.04. The maximum absolute atomic E-state index is 12.6. The molecule has 3 heteroatoms. The van der Waals surface area contributed by atoms with Crippen LogP contribution in [-0.2, 0) is 17.6 Å². The molecular formula is C25H27NO2. The largest absolute Gasteiger partial charge is 0.481 e. The summed E-state index contributed by atoms with van der Waals surface area (Å²) in [5, 5.41) is 5.36. The number of fused-ring (bicyclic) bond motifs is 2. The van der Waals surface area contributed by atoms with E-state index in [9.17, 15) is 4.79 Å². The molecule has 0 aliphatic heterocycles. The van der Waals surface area contributed by atoms with Crippen molar-refractivity contribution in [3.8, 4) is 5.75 Å². The molecule has 0 aromatic heterocycles. The van der Waals surface area contributed by atoms with Crippen molar-refractivity contribution in [3.05, 3.63) is 77.4 Å². The van der Waals surface area contributed by atoms with E-state index >= 15 is 0 Å². The number of carbonyl (C=O) groups excluding carboxylic acids is 1. The van der Waals surface area contributed by atoms with Gasteiger partial charge in [-0.25, -0.2) is 0 Å². The molecule has 1 N–H and O–H groups in total. The molecule has 0 radical (unpaired) electrons. The molecule has 0 saturated heterocycles. The van der Waals surface area contributed by atoms with Crippen molar-refractivity contribution >= 4 is 16.7 Å². The molecule has 144 valence electrons. The highest BCUT2D eigenvalue weighted by Crippen LogP contribution is 2.25. The Labute approximate surface area is 166 Å². The number of aryl methyl sites for hydroxylation is 2. The lowest BCUT2D eigenvalue weighted by Gasteiger charge is -2.22. The number of benzene rings is 3. The second-order valence-electron chi connectivity index (χ2n) is 7.73. The van der Waals surface area contributed by atoms with Gasteiger partial charge in [-0.15, -0.1) is 0 Å². The zero-order valence-corrected chi connectivity index (χ0v) is 16.6. The Kier molecular flexibility index (Phi) is 5.34. The number of nitrogens with one attached hydrogen (secondary N) is 1. The zero-order valence-electron chi connectivity index (χ0n) is 16.6. The van der Waals surface area contributed by atoms with E-state index in [-0.39, 0.29) is 11.9 Å². The Morgan fingerprint density at radius 2 is 1.64 bits per heavy atom. The molecule has 3 aromatic rings. The van der Waals surface area contributed by atoms with E-state index in [1.807, 2.05) is 43.3 Å². The number of hydrogen-bond acceptors (Lipinski definition) is 2. The predicted molar refractivity (Wildman–Crippen MR) is 114 cm³/mol. The van der Waals surface area contributed by atoms with E-state index in [1.165, 1.54) is 30.4 Å². The SMILES string of the molecule is C[C@@H](Oc1ccc2ccccc2c1)C(=O)N[C@H](C)c1ccc2c(c1)CCCC2. The summed E-state index contributed by atoms with van der Waals surface area (Å²) < 4.78 is 5.90. The van der Waals surface area contributed by atoms with Crippen LogP contribution in [-0.4, -0.2) is 12.0 Å². The molecule has 1 aliphatic rings. The minimum atomic E-state index is -0.554. The van der Waals surface area contributed by atoms with Gasteiger partial charge >= 0.3 is 0 Å². The van der Waals surface area contributed by atoms with Gasteiger partial charge in [0.25, 0.3) is 5.91 Å². The first-order valence-electron chi connectivity index (χ1n) is 10.2. The molecule has 4 rings (SSSR count). The molecule has 0 bridgehead atoms. The zero-order chi connectivity index (χ0) is 19.5. The van der Waals surface area contributed by atoms with Crippen LogP contribution in [0.2, 0.25) is 0 Å². The molecule has 1 amide bonds. The Morgan fingerprint density at radius 3 is 2.46 bits per heavy atom. The number of amides is 1. The first-order chi connectivity index (χ1) is 13.6. The highest BCUT2D eigenvalue weighted by atomic mass is 16.5. The standard InChI is InChI=1S/C25H27NO2/c1-17(21-12-11-19-7-3-5-9-22(19)15-21)26-25(27)18(2)28-24-14-13-20-8-4-6-10-23(20)16-24/h4,6,8,10-18H,3,5,7,9H2,1-2H3,(H,26,27)/t17-,18-/m1/s1. The number of hydrogen-bond donors (Lipinski definition) is 1. The van der Waals surface area contributed by atoms with Crippen molar-refractivity contribution in [3.63, 3.8) is 0 Å². The van der Waals surface area contributed by atoms with Gasteiger partial charge in [-0.1, -0.05) is 48.5 Å². The second-order valence-corrected chi connectivity index (χ2v) is 7.73. The lowest BCUT2D eigenvalue weighted by Crippen LogP contribution is -2.37. The van der Waals surface area contributed by atoms with E-state index < -0.39 is 6.10 Å². The van der Waals surface area contributed by atoms with E-state index in [1.54, 1.807) is 6.92 Å². The van der Waals surface area contributed by atoms with Gasteiger partial charge in [-0.3, -0.25) is 4.79 Å². The van der Waals surface area contributed by atoms with Crippen molar-refractivity contribution in [2.45, 2.75) is 51.7 Å². The van der Waals surface area contributed by atoms with E-state index in [2.05, 4.69) is 29.6 Å². The van der Waals surface area contributed by atoms with Gasteiger partial charge in [-0.2, -0.15) is 0 Å². The minimum Gasteiger partial charge on any atom is -0.481 e. The van der Waals surface area contributed by atoms with Crippen LogP contribution in [0.25, 0.3) is 10.8 Å². The maximum Gasteiger partial charge on any atom is 0.261 e. The number of ether oxygens (including phenoxy) is 1. The average Bonchev–Trinajstić information content (AvgIpc) is 2.73. The van der Waals surface area contributed by atoms with Crippen molar-refractivity contribution in [2.75, 3.05) is 0 Å². The lowest BCUT2D eigenvalue weighted by molar-refractivity contribution is -0.127. The molecule has 0 fully saturated rings. The Bertz CT molecular complexity index is 995. The fourth-order valence-corrected chi connectivity index (χ4v) is 3.94. The summed E-state index contributed by atoms with van der Waals surface area (Å²) in [6, 6.07) is 20.6. The molecule has 3 aromatic carbocycles. The highest BCUT2D eigenvalue weighted by molar-refractivity contribution is 5.84. The first-order valence-corrected chi connectivity index (χ1v) is 10.2. The van der Waals surface area contributed by atoms with Crippen LogP contribution >= 0.6 is 0 Å². The molecule has 3 nitrogen and oxygen atoms in total. The molecule has 0 spiro atoms. The Morgan fingerprint density at radius 1 is 0.893 bits per heavy atom. The Balaban J connectivity index is 1.40. The average molecular weight is 373 g/mol. The van der Waals surface area contributed by atoms with Crippen LogP contribution in [0.15, 0.2) is 60.7 Å². The number of rotatable bonds is 5. The van der Waals surface area contributed by atoms with Gasteiger partial charge < -0.3 is 10.1 Å². The van der Waals surface area contributed by atoms with Crippen molar-refractivity contribution in [1.29, 1.82) is 0 Å². The molecule has 1 aliphatic carbocycles. The minimum absolute atomic E-state index is 0.0395. The third-order valence-corrected chi connectivity index (χ3v) is 5.63. The fourth-order valence-electron chi connectivity index (χ4n) is 3.94. The smallest absolute Gasteiger partial charge is 0.261 e. The number of carbonyl (C=O) groups is 1. The van der Waals surface area contributed by atoms with Gasteiger partial charge in [0.1, 0.15) is 5.75 Å². The summed E-state index contributed by atoms with van der Waals surface area (Å²) in [5.74, 6) is 0.612. The molecule has 0 unspecified atom stereocenters. The maximum atomic E-state index is 12.6. The Hall–Kier alpha value is -2.81. The summed E-state index contributed by atoms with van der Waals surface area (Å²) in [6.07, 6.45) is 4.30. The summed E-state index contributed by atoms with van der Waals surface area (Å²) >= 11 is 0. The monoisotopic (exact) mass is 373 g/mol. The van der Waals surface area contributed by atoms with Crippen molar-refractivity contribution < 1.29 is 9.53 Å². The van der Waals surface area contributed by atoms with Crippen LogP contribution in [0.1, 0.15) is 49.4 Å². The van der Waals surface area contributed by atoms with E-state index in [0.29, 0.717) is 5.75 Å². The van der Waals surface area contributed by atoms with Gasteiger partial charge in [0, 0.05) is 0 Å². The summed E-state index contributed by atoms with van der Waals surface area (Å²) in [6.45, 7) is 3.83. The first kappa shape index (κ1) is 18.5. The van der Waals surface area contributed by atoms with Crippen molar-refractivity contribution in [2.24, 2.45) is 0 Å². The van der Waals surface area contributed by atoms with Crippen LogP contribution < -0.4 is 10.1 Å². The summed E-state index contributed by atoms with van der Waals surface area (Å²) in [4.78, 5) is 12.6. The van der Waals surface area contributed by atoms with Crippen LogP contribution in [0.5, 0.6) is 5.75 Å². The van der Waals surface area contributed by atoms with Gasteiger partial charge in [0.15, 0.2) is 6.10 Å². The molecule has 2 atom stereocenters. The topological polar surface area (TPSA) is 38.3 Å². The highest BCUT2D eigenvalue weighted by Gasteiger charge is 2.19. The predicted octanol–water partition coefficient (Wildman–Crippen LogP) is 5.36. The lowest BCUT2D eigenvalue weighted by atomic mass is 9.89. The fraction of sp³-hybridized carbons (Fsp3) is 0.320. The van der Waals surface area contributed by atoms with Gasteiger partial charge in [0.2, 0.25) is 0 Å². The van der Waals surface area contributed by atoms with E-state index in [4.69, 9.17) is 4.74 Å². The van der Waals surface area contributed by atoms with Crippen LogP contribution in [0.4, 0.5) is 0 Å². The van der Waals surface area contributed by atoms with Gasteiger partial charge in [-0.05, 0) is 79.1 Å². The molecule has 0 heterocycles. The molecule has 0 saturated carbocycles. The second kappa shape index (κ2) is 8.05. The summed E-state index contributed by atoms with van der Waals surface area (Å²) in [5.41, 5.74) is 4.05. The van der Waals surface area contributed by atoms with Crippen molar-refractivity contribution in [1.82, 2.24) is 5.32 Å². The summed E-state index contributed by atoms with van der Waals surface area (Å²) in [7, 11) is 0. The van der Waals surface area contributed by atoms with Gasteiger partial charge in [0.05, 0.1) is 6.04 Å². The van der Waals surface area contributed by atoms with Crippen LogP contribution in [0, 0.1) is 0 Å². The molecule has 28 heavy (non-hydrogen) atoms. The third-order valence-electron chi connectivity index (χ3n) is 5.63.